The first-order chi connectivity index (χ1) is 3.91. The van der Waals surface area contributed by atoms with Gasteiger partial charge < -0.3 is 0 Å². The maximum absolute atomic E-state index is 3.28. The van der Waals surface area contributed by atoms with Crippen LogP contribution in [0.5, 0.6) is 0 Å². The summed E-state index contributed by atoms with van der Waals surface area (Å²) in [4.78, 5) is 0. The molecular weight excluding hydrogens is 164 g/mol. The van der Waals surface area contributed by atoms with Crippen molar-refractivity contribution in [2.75, 3.05) is 0 Å². The molecule has 0 nitrogen and oxygen atoms in total. The summed E-state index contributed by atoms with van der Waals surface area (Å²) in [6.45, 7) is 2.23. The van der Waals surface area contributed by atoms with Crippen LogP contribution in [0, 0.1) is 5.33 Å². The van der Waals surface area contributed by atoms with Gasteiger partial charge in [0.25, 0.3) is 0 Å². The zero-order chi connectivity index (χ0) is 6.24. The van der Waals surface area contributed by atoms with Crippen molar-refractivity contribution in [2.24, 2.45) is 0 Å². The number of hydrogen-bond donors (Lipinski definition) is 0. The van der Waals surface area contributed by atoms with Crippen LogP contribution in [0.3, 0.4) is 0 Å². The van der Waals surface area contributed by atoms with Crippen LogP contribution in [-0.2, 0) is 0 Å². The Labute approximate surface area is 60.8 Å². The van der Waals surface area contributed by atoms with Crippen LogP contribution >= 0.6 is 15.9 Å². The first-order valence-electron chi connectivity index (χ1n) is 3.33. The van der Waals surface area contributed by atoms with E-state index in [2.05, 4.69) is 28.2 Å². The highest BCUT2D eigenvalue weighted by Gasteiger charge is 1.91. The van der Waals surface area contributed by atoms with E-state index in [9.17, 15) is 0 Å². The minimum atomic E-state index is 1.22. The van der Waals surface area contributed by atoms with Gasteiger partial charge in [0, 0.05) is 0 Å². The van der Waals surface area contributed by atoms with Crippen molar-refractivity contribution in [3.05, 3.63) is 5.33 Å². The van der Waals surface area contributed by atoms with Crippen molar-refractivity contribution in [1.29, 1.82) is 0 Å². The minimum Gasteiger partial charge on any atom is -0.0654 e. The van der Waals surface area contributed by atoms with E-state index in [1.165, 1.54) is 32.1 Å². The summed E-state index contributed by atoms with van der Waals surface area (Å²) in [7, 11) is 0. The first-order valence-corrected chi connectivity index (χ1v) is 4.25. The van der Waals surface area contributed by atoms with Crippen LogP contribution in [0.4, 0.5) is 0 Å². The molecule has 0 aliphatic carbocycles. The highest BCUT2D eigenvalue weighted by molar-refractivity contribution is 9.10. The second-order valence-electron chi connectivity index (χ2n) is 2.00. The van der Waals surface area contributed by atoms with Crippen molar-refractivity contribution in [2.45, 2.75) is 39.0 Å². The van der Waals surface area contributed by atoms with Gasteiger partial charge in [0.2, 0.25) is 0 Å². The standard InChI is InChI=1S/C7H14Br/c1-2-3-4-5-6-7-8/h7H,2-6H2,1H3/q+1. The fourth-order valence-electron chi connectivity index (χ4n) is 0.648. The SMILES string of the molecule is CCCCCC[CH+]Br. The molecule has 0 heterocycles. The van der Waals surface area contributed by atoms with E-state index in [-0.39, 0.29) is 0 Å². The van der Waals surface area contributed by atoms with Gasteiger partial charge in [-0.15, -0.1) is 0 Å². The maximum Gasteiger partial charge on any atom is 0.195 e. The fraction of sp³-hybridized carbons (Fsp3) is 0.857. The Morgan fingerprint density at radius 2 is 2.00 bits per heavy atom. The second kappa shape index (κ2) is 7.35. The Hall–Kier alpha value is 0.350. The van der Waals surface area contributed by atoms with Crippen molar-refractivity contribution in [1.82, 2.24) is 0 Å². The van der Waals surface area contributed by atoms with Gasteiger partial charge in [0.05, 0.1) is 6.42 Å². The summed E-state index contributed by atoms with van der Waals surface area (Å²) in [6.07, 6.45) is 6.68. The zero-order valence-electron chi connectivity index (χ0n) is 5.49. The maximum atomic E-state index is 3.28. The summed E-state index contributed by atoms with van der Waals surface area (Å²) in [5.41, 5.74) is 0. The van der Waals surface area contributed by atoms with Crippen molar-refractivity contribution < 1.29 is 0 Å². The molecule has 0 saturated carbocycles. The number of halogens is 1. The molecule has 0 radical (unpaired) electrons. The molecule has 0 aliphatic heterocycles. The summed E-state index contributed by atoms with van der Waals surface area (Å²) < 4.78 is 0. The molecule has 0 spiro atoms. The summed E-state index contributed by atoms with van der Waals surface area (Å²) in [5.74, 6) is 0. The van der Waals surface area contributed by atoms with E-state index in [1.807, 2.05) is 0 Å². The van der Waals surface area contributed by atoms with Gasteiger partial charge in [-0.2, -0.15) is 0 Å². The Kier molecular flexibility index (Phi) is 7.67. The smallest absolute Gasteiger partial charge is 0.0654 e. The Balaban J connectivity index is 2.53. The second-order valence-corrected chi connectivity index (χ2v) is 2.65. The fourth-order valence-corrected chi connectivity index (χ4v) is 0.972. The van der Waals surface area contributed by atoms with Gasteiger partial charge in [-0.1, -0.05) is 19.8 Å². The van der Waals surface area contributed by atoms with E-state index in [0.29, 0.717) is 0 Å². The molecule has 8 heavy (non-hydrogen) atoms. The Morgan fingerprint density at radius 1 is 1.25 bits per heavy atom. The van der Waals surface area contributed by atoms with Gasteiger partial charge in [0.1, 0.15) is 0 Å². The number of hydrogen-bond acceptors (Lipinski definition) is 0. The van der Waals surface area contributed by atoms with Crippen molar-refractivity contribution >= 4 is 15.9 Å². The van der Waals surface area contributed by atoms with Gasteiger partial charge in [-0.3, -0.25) is 0 Å². The normalized spacial score (nSPS) is 9.25. The molecule has 0 aromatic carbocycles. The van der Waals surface area contributed by atoms with Gasteiger partial charge >= 0.3 is 0 Å². The lowest BCUT2D eigenvalue weighted by Crippen LogP contribution is -1.73. The van der Waals surface area contributed by atoms with Crippen LogP contribution in [0.15, 0.2) is 0 Å². The van der Waals surface area contributed by atoms with Gasteiger partial charge in [-0.05, 0) is 12.8 Å². The third-order valence-corrected chi connectivity index (χ3v) is 1.62. The first kappa shape index (κ1) is 8.35. The Morgan fingerprint density at radius 3 is 2.50 bits per heavy atom. The predicted molar refractivity (Wildman–Crippen MR) is 42.0 cm³/mol. The zero-order valence-corrected chi connectivity index (χ0v) is 7.08. The van der Waals surface area contributed by atoms with Crippen LogP contribution in [0.2, 0.25) is 0 Å². The lowest BCUT2D eigenvalue weighted by atomic mass is 10.2. The summed E-state index contributed by atoms with van der Waals surface area (Å²) in [6, 6.07) is 0. The summed E-state index contributed by atoms with van der Waals surface area (Å²) in [5, 5.41) is 2.06. The molecule has 0 saturated heterocycles. The molecule has 0 atom stereocenters. The number of unbranched alkanes of at least 4 members (excludes halogenated alkanes) is 4. The Bertz CT molecular complexity index is 29.4. The largest absolute Gasteiger partial charge is 0.195 e. The molecule has 0 rings (SSSR count). The molecule has 0 bridgehead atoms. The van der Waals surface area contributed by atoms with Crippen LogP contribution in [0.1, 0.15) is 39.0 Å². The van der Waals surface area contributed by atoms with Crippen LogP contribution in [0.25, 0.3) is 0 Å². The molecule has 1 heteroatoms. The third kappa shape index (κ3) is 6.35. The van der Waals surface area contributed by atoms with Crippen LogP contribution in [-0.4, -0.2) is 0 Å². The van der Waals surface area contributed by atoms with E-state index in [4.69, 9.17) is 0 Å². The van der Waals surface area contributed by atoms with E-state index < -0.39 is 0 Å². The highest BCUT2D eigenvalue weighted by Crippen LogP contribution is 2.06. The quantitative estimate of drug-likeness (QED) is 0.446. The molecule has 0 N–H and O–H groups in total. The molecule has 0 unspecified atom stereocenters. The molecule has 0 aromatic rings. The van der Waals surface area contributed by atoms with E-state index >= 15 is 0 Å². The molecule has 48 valence electrons. The lowest BCUT2D eigenvalue weighted by Gasteiger charge is -1.88. The van der Waals surface area contributed by atoms with E-state index in [1.54, 1.807) is 0 Å². The third-order valence-electron chi connectivity index (χ3n) is 1.17. The monoisotopic (exact) mass is 177 g/mol. The highest BCUT2D eigenvalue weighted by atomic mass is 79.9. The van der Waals surface area contributed by atoms with Gasteiger partial charge in [-0.25, -0.2) is 0 Å². The predicted octanol–water partition coefficient (Wildman–Crippen LogP) is 3.51. The molecule has 0 fully saturated rings. The molecule has 0 aromatic heterocycles. The van der Waals surface area contributed by atoms with Crippen molar-refractivity contribution in [3.63, 3.8) is 0 Å². The lowest BCUT2D eigenvalue weighted by molar-refractivity contribution is 0.671. The number of rotatable bonds is 5. The molecular formula is C7H14Br+. The van der Waals surface area contributed by atoms with E-state index in [0.717, 1.165) is 0 Å². The summed E-state index contributed by atoms with van der Waals surface area (Å²) >= 11 is 3.28. The minimum absolute atomic E-state index is 1.22. The van der Waals surface area contributed by atoms with Gasteiger partial charge in [0.15, 0.2) is 21.3 Å². The topological polar surface area (TPSA) is 0 Å². The molecule has 0 amide bonds. The average Bonchev–Trinajstić information content (AvgIpc) is 1.81. The molecule has 0 aliphatic rings. The average molecular weight is 178 g/mol. The van der Waals surface area contributed by atoms with Crippen molar-refractivity contribution in [3.8, 4) is 0 Å². The van der Waals surface area contributed by atoms with Crippen LogP contribution < -0.4 is 0 Å².